The lowest BCUT2D eigenvalue weighted by atomic mass is 10.0. The summed E-state index contributed by atoms with van der Waals surface area (Å²) in [4.78, 5) is 47.7. The highest BCUT2D eigenvalue weighted by Gasteiger charge is 2.16. The maximum Gasteiger partial charge on any atom is 0.337 e. The van der Waals surface area contributed by atoms with Crippen LogP contribution in [0.3, 0.4) is 0 Å². The van der Waals surface area contributed by atoms with Gasteiger partial charge in [0.1, 0.15) is 0 Å². The summed E-state index contributed by atoms with van der Waals surface area (Å²) in [7, 11) is 2.39. The molecule has 0 unspecified atom stereocenters. The number of nitrogens with one attached hydrogen (secondary N) is 1. The van der Waals surface area contributed by atoms with Crippen LogP contribution in [-0.2, 0) is 30.2 Å². The minimum absolute atomic E-state index is 0.0404. The van der Waals surface area contributed by atoms with Gasteiger partial charge in [-0.15, -0.1) is 0 Å². The number of hydrogen-bond donors (Lipinski definition) is 1. The van der Waals surface area contributed by atoms with E-state index in [2.05, 4.69) is 14.8 Å². The quantitative estimate of drug-likeness (QED) is 0.549. The Labute approximate surface area is 174 Å². The number of carbonyl (C=O) groups is 4. The minimum Gasteiger partial charge on any atom is -0.465 e. The van der Waals surface area contributed by atoms with E-state index in [1.165, 1.54) is 32.4 Å². The smallest absolute Gasteiger partial charge is 0.337 e. The molecule has 30 heavy (non-hydrogen) atoms. The number of ether oxygens (including phenoxy) is 3. The van der Waals surface area contributed by atoms with Crippen molar-refractivity contribution >= 4 is 29.5 Å². The number of esters is 3. The molecule has 8 heteroatoms. The predicted molar refractivity (Wildman–Crippen MR) is 108 cm³/mol. The third kappa shape index (κ3) is 6.16. The normalized spacial score (nSPS) is 10.1. The zero-order valence-corrected chi connectivity index (χ0v) is 17.2. The average molecular weight is 413 g/mol. The number of benzene rings is 2. The molecule has 1 amide bonds. The van der Waals surface area contributed by atoms with Crippen LogP contribution < -0.4 is 5.32 Å². The van der Waals surface area contributed by atoms with Crippen LogP contribution in [0, 0.1) is 13.8 Å². The molecule has 0 aliphatic heterocycles. The van der Waals surface area contributed by atoms with Gasteiger partial charge in [0.05, 0.1) is 31.8 Å². The first-order valence-corrected chi connectivity index (χ1v) is 9.06. The second-order valence-corrected chi connectivity index (χ2v) is 6.59. The van der Waals surface area contributed by atoms with Gasteiger partial charge in [-0.2, -0.15) is 0 Å². The number of methoxy groups -OCH3 is 2. The van der Waals surface area contributed by atoms with Gasteiger partial charge in [-0.05, 0) is 48.7 Å². The molecule has 158 valence electrons. The van der Waals surface area contributed by atoms with Crippen molar-refractivity contribution in [1.82, 2.24) is 0 Å². The number of aryl methyl sites for hydroxylation is 2. The lowest BCUT2D eigenvalue weighted by Gasteiger charge is -2.10. The first-order chi connectivity index (χ1) is 14.2. The standard InChI is InChI=1S/C22H23NO7/c1-13-5-6-15(7-14(13)2)8-20(25)30-12-19(24)23-18-10-16(21(26)28-3)9-17(11-18)22(27)29-4/h5-7,9-11H,8,12H2,1-4H3,(H,23,24). The summed E-state index contributed by atoms with van der Waals surface area (Å²) in [5, 5.41) is 2.48. The fourth-order valence-corrected chi connectivity index (χ4v) is 2.65. The van der Waals surface area contributed by atoms with E-state index in [0.717, 1.165) is 16.7 Å². The van der Waals surface area contributed by atoms with Crippen LogP contribution >= 0.6 is 0 Å². The SMILES string of the molecule is COC(=O)c1cc(NC(=O)COC(=O)Cc2ccc(C)c(C)c2)cc(C(=O)OC)c1. The Bertz CT molecular complexity index is 947. The van der Waals surface area contributed by atoms with E-state index in [9.17, 15) is 19.2 Å². The van der Waals surface area contributed by atoms with Crippen LogP contribution in [0.1, 0.15) is 37.4 Å². The Kier molecular flexibility index (Phi) is 7.69. The highest BCUT2D eigenvalue weighted by atomic mass is 16.5. The third-order valence-electron chi connectivity index (χ3n) is 4.34. The molecule has 1 N–H and O–H groups in total. The molecule has 0 saturated carbocycles. The van der Waals surface area contributed by atoms with Crippen LogP contribution in [0.5, 0.6) is 0 Å². The molecule has 0 saturated heterocycles. The van der Waals surface area contributed by atoms with Crippen molar-refractivity contribution in [3.63, 3.8) is 0 Å². The van der Waals surface area contributed by atoms with Crippen LogP contribution in [-0.4, -0.2) is 44.6 Å². The molecule has 0 spiro atoms. The van der Waals surface area contributed by atoms with Crippen molar-refractivity contribution < 1.29 is 33.4 Å². The molecule has 0 bridgehead atoms. The highest BCUT2D eigenvalue weighted by Crippen LogP contribution is 2.17. The van der Waals surface area contributed by atoms with E-state index in [1.54, 1.807) is 0 Å². The fraction of sp³-hybridized carbons (Fsp3) is 0.273. The lowest BCUT2D eigenvalue weighted by Crippen LogP contribution is -2.22. The first kappa shape index (κ1) is 22.6. The molecule has 0 fully saturated rings. The van der Waals surface area contributed by atoms with Crippen LogP contribution in [0.4, 0.5) is 5.69 Å². The average Bonchev–Trinajstić information content (AvgIpc) is 2.73. The predicted octanol–water partition coefficient (Wildman–Crippen LogP) is 2.60. The van der Waals surface area contributed by atoms with Crippen molar-refractivity contribution in [1.29, 1.82) is 0 Å². The lowest BCUT2D eigenvalue weighted by molar-refractivity contribution is -0.146. The van der Waals surface area contributed by atoms with Gasteiger partial charge in [0, 0.05) is 5.69 Å². The van der Waals surface area contributed by atoms with Crippen LogP contribution in [0.25, 0.3) is 0 Å². The first-order valence-electron chi connectivity index (χ1n) is 9.06. The van der Waals surface area contributed by atoms with Gasteiger partial charge in [0.25, 0.3) is 5.91 Å². The summed E-state index contributed by atoms with van der Waals surface area (Å²) in [6.07, 6.45) is 0.0404. The Morgan fingerprint density at radius 2 is 1.43 bits per heavy atom. The Hall–Kier alpha value is -3.68. The second kappa shape index (κ2) is 10.2. The van der Waals surface area contributed by atoms with Crippen molar-refractivity contribution in [3.05, 3.63) is 64.2 Å². The monoisotopic (exact) mass is 413 g/mol. The van der Waals surface area contributed by atoms with E-state index in [4.69, 9.17) is 4.74 Å². The molecule has 0 radical (unpaired) electrons. The summed E-state index contributed by atoms with van der Waals surface area (Å²) >= 11 is 0. The number of rotatable bonds is 7. The number of carbonyl (C=O) groups excluding carboxylic acids is 4. The van der Waals surface area contributed by atoms with Crippen molar-refractivity contribution in [2.45, 2.75) is 20.3 Å². The zero-order valence-electron chi connectivity index (χ0n) is 17.2. The molecule has 0 aromatic heterocycles. The van der Waals surface area contributed by atoms with Crippen LogP contribution in [0.15, 0.2) is 36.4 Å². The van der Waals surface area contributed by atoms with Gasteiger partial charge in [-0.3, -0.25) is 9.59 Å². The van der Waals surface area contributed by atoms with Gasteiger partial charge in [-0.25, -0.2) is 9.59 Å². The summed E-state index contributed by atoms with van der Waals surface area (Å²) in [6.45, 7) is 3.41. The maximum atomic E-state index is 12.1. The molecule has 0 heterocycles. The molecule has 0 atom stereocenters. The molecular formula is C22H23NO7. The van der Waals surface area contributed by atoms with Gasteiger partial charge in [-0.1, -0.05) is 18.2 Å². The number of amides is 1. The fourth-order valence-electron chi connectivity index (χ4n) is 2.65. The number of anilines is 1. The maximum absolute atomic E-state index is 12.1. The molecule has 8 nitrogen and oxygen atoms in total. The Morgan fingerprint density at radius 1 is 0.833 bits per heavy atom. The molecule has 0 aliphatic carbocycles. The second-order valence-electron chi connectivity index (χ2n) is 6.59. The molecule has 2 aromatic rings. The van der Waals surface area contributed by atoms with E-state index in [-0.39, 0.29) is 23.2 Å². The van der Waals surface area contributed by atoms with Crippen LogP contribution in [0.2, 0.25) is 0 Å². The van der Waals surface area contributed by atoms with Crippen molar-refractivity contribution in [2.24, 2.45) is 0 Å². The highest BCUT2D eigenvalue weighted by molar-refractivity contribution is 6.00. The summed E-state index contributed by atoms with van der Waals surface area (Å²) in [5.41, 5.74) is 3.24. The van der Waals surface area contributed by atoms with E-state index >= 15 is 0 Å². The van der Waals surface area contributed by atoms with E-state index < -0.39 is 30.4 Å². The molecule has 0 aliphatic rings. The largest absolute Gasteiger partial charge is 0.465 e. The minimum atomic E-state index is -0.684. The van der Waals surface area contributed by atoms with Gasteiger partial charge in [0.15, 0.2) is 6.61 Å². The topological polar surface area (TPSA) is 108 Å². The molecule has 2 rings (SSSR count). The van der Waals surface area contributed by atoms with Gasteiger partial charge < -0.3 is 19.5 Å². The van der Waals surface area contributed by atoms with E-state index in [1.807, 2.05) is 32.0 Å². The van der Waals surface area contributed by atoms with E-state index in [0.29, 0.717) is 0 Å². The third-order valence-corrected chi connectivity index (χ3v) is 4.34. The number of hydrogen-bond acceptors (Lipinski definition) is 7. The summed E-state index contributed by atoms with van der Waals surface area (Å²) in [5.74, 6) is -2.54. The van der Waals surface area contributed by atoms with Gasteiger partial charge >= 0.3 is 17.9 Å². The van der Waals surface area contributed by atoms with Crippen molar-refractivity contribution in [3.8, 4) is 0 Å². The Morgan fingerprint density at radius 3 is 1.97 bits per heavy atom. The van der Waals surface area contributed by atoms with Crippen molar-refractivity contribution in [2.75, 3.05) is 26.1 Å². The molecular weight excluding hydrogens is 390 g/mol. The zero-order chi connectivity index (χ0) is 22.3. The summed E-state index contributed by atoms with van der Waals surface area (Å²) in [6, 6.07) is 9.61. The molecule has 2 aromatic carbocycles. The van der Waals surface area contributed by atoms with Gasteiger partial charge in [0.2, 0.25) is 0 Å². The summed E-state index contributed by atoms with van der Waals surface area (Å²) < 4.78 is 14.3. The Balaban J connectivity index is 2.01.